The minimum atomic E-state index is -4.27. The fourth-order valence-corrected chi connectivity index (χ4v) is 6.85. The number of hydrogen-bond donors (Lipinski definition) is 0. The lowest BCUT2D eigenvalue weighted by Crippen LogP contribution is -2.30. The van der Waals surface area contributed by atoms with Crippen LogP contribution in [0.15, 0.2) is 168 Å². The number of aromatic nitrogens is 2. The molecule has 2 aromatic heterocycles. The Morgan fingerprint density at radius 2 is 0.734 bits per heavy atom. The summed E-state index contributed by atoms with van der Waals surface area (Å²) in [4.78, 5) is 42.2. The van der Waals surface area contributed by atoms with E-state index in [0.29, 0.717) is 0 Å². The molecule has 0 radical (unpaired) electrons. The highest BCUT2D eigenvalue weighted by atomic mass is 32.2. The van der Waals surface area contributed by atoms with Crippen LogP contribution in [0.5, 0.6) is 0 Å². The van der Waals surface area contributed by atoms with Gasteiger partial charge in [0, 0.05) is 48.5 Å². The van der Waals surface area contributed by atoms with E-state index in [2.05, 4.69) is 0 Å². The molecule has 20 nitrogen and oxygen atoms in total. The van der Waals surface area contributed by atoms with Crippen molar-refractivity contribution in [2.75, 3.05) is 0 Å². The smallest absolute Gasteiger partial charge is 0.347 e. The van der Waals surface area contributed by atoms with E-state index in [1.807, 2.05) is 38.1 Å². The van der Waals surface area contributed by atoms with Gasteiger partial charge >= 0.3 is 11.4 Å². The van der Waals surface area contributed by atoms with Crippen molar-refractivity contribution in [2.24, 2.45) is 0 Å². The maximum atomic E-state index is 11.6. The minimum absolute atomic E-state index is 0.165. The van der Waals surface area contributed by atoms with E-state index in [1.54, 1.807) is 73.3 Å². The number of nitrogens with zero attached hydrogens (tertiary/aromatic N) is 6. The molecule has 0 aliphatic carbocycles. The van der Waals surface area contributed by atoms with Gasteiger partial charge < -0.3 is 9.11 Å². The van der Waals surface area contributed by atoms with Gasteiger partial charge in [-0.15, -0.1) is 0 Å². The summed E-state index contributed by atoms with van der Waals surface area (Å²) in [6.07, 6.45) is 6.47. The molecule has 0 aliphatic heterocycles. The lowest BCUT2D eigenvalue weighted by molar-refractivity contribution is -0.601. The molecule has 7 aromatic rings. The first-order chi connectivity index (χ1) is 30.1. The highest BCUT2D eigenvalue weighted by molar-refractivity contribution is 7.86. The fraction of sp³-hybridized carbons (Fsp3) is 0.0476. The Balaban J connectivity index is 0.000000284. The SMILES string of the molecule is Cc1ccc(S(=O)(=O)[O-])cc1.Cc1ccc(S(=O)(=O)[O-])cc1.O=[N+]([O-])c1ccc(-[n+]2ccc(-c3ccccc3-c3cc[n+](-c4ccc([N+](=O)[O-])cc4[N+](=O)[O-])cc3)cc2)c([N+](=O)[O-])c1. The Bertz CT molecular complexity index is 2900. The van der Waals surface area contributed by atoms with Gasteiger partial charge in [-0.2, -0.15) is 9.13 Å². The zero-order valence-corrected chi connectivity index (χ0v) is 34.9. The average Bonchev–Trinajstić information content (AvgIpc) is 3.26. The third-order valence-corrected chi connectivity index (χ3v) is 10.8. The summed E-state index contributed by atoms with van der Waals surface area (Å²) in [7, 11) is -8.54. The molecule has 0 bridgehead atoms. The molecule has 326 valence electrons. The third-order valence-electron chi connectivity index (χ3n) is 9.12. The molecule has 5 aromatic carbocycles. The van der Waals surface area contributed by atoms with Crippen LogP contribution in [0.1, 0.15) is 11.1 Å². The van der Waals surface area contributed by atoms with Crippen molar-refractivity contribution in [3.05, 3.63) is 210 Å². The standard InChI is InChI=1S/C28H18N6O8.2C7H8O3S/c35-31(36)21-5-7-25(27(17-21)33(39)40)29-13-9-19(10-14-29)23-3-1-2-4-24(23)20-11-15-30(16-12-20)26-8-6-22(32(37)38)18-28(26)34(41)42;2*1-6-2-4-7(5-3-6)11(8,9)10/h1-18H;2*2-5H,1H3,(H,8,9,10)/q+2;;/p-2. The van der Waals surface area contributed by atoms with Crippen LogP contribution in [0.25, 0.3) is 33.6 Å². The predicted molar refractivity (Wildman–Crippen MR) is 225 cm³/mol. The molecule has 0 N–H and O–H groups in total. The summed E-state index contributed by atoms with van der Waals surface area (Å²) < 4.78 is 65.3. The van der Waals surface area contributed by atoms with Crippen molar-refractivity contribution < 1.29 is 54.8 Å². The van der Waals surface area contributed by atoms with Gasteiger partial charge in [0.2, 0.25) is 0 Å². The molecule has 0 fully saturated rings. The first-order valence-electron chi connectivity index (χ1n) is 18.2. The highest BCUT2D eigenvalue weighted by Gasteiger charge is 2.28. The summed E-state index contributed by atoms with van der Waals surface area (Å²) in [6, 6.07) is 33.0. The van der Waals surface area contributed by atoms with Crippen LogP contribution in [0.4, 0.5) is 22.7 Å². The van der Waals surface area contributed by atoms with Gasteiger partial charge in [0.05, 0.1) is 29.5 Å². The number of nitro groups is 4. The number of hydrogen-bond acceptors (Lipinski definition) is 14. The molecular weight excluding hydrogens is 877 g/mol. The zero-order chi connectivity index (χ0) is 46.9. The van der Waals surface area contributed by atoms with Crippen LogP contribution in [0.3, 0.4) is 0 Å². The van der Waals surface area contributed by atoms with Crippen molar-refractivity contribution in [2.45, 2.75) is 23.6 Å². The summed E-state index contributed by atoms with van der Waals surface area (Å²) in [5.41, 5.74) is 3.84. The topological polar surface area (TPSA) is 295 Å². The van der Waals surface area contributed by atoms with Crippen molar-refractivity contribution in [3.63, 3.8) is 0 Å². The van der Waals surface area contributed by atoms with Gasteiger partial charge in [0.15, 0.2) is 24.8 Å². The van der Waals surface area contributed by atoms with Gasteiger partial charge in [-0.1, -0.05) is 59.7 Å². The number of benzene rings is 5. The quantitative estimate of drug-likeness (QED) is 0.0577. The maximum Gasteiger partial charge on any atom is 0.347 e. The molecule has 7 rings (SSSR count). The number of nitro benzene ring substituents is 4. The molecule has 2 heterocycles. The highest BCUT2D eigenvalue weighted by Crippen LogP contribution is 2.32. The molecule has 0 saturated carbocycles. The zero-order valence-electron chi connectivity index (χ0n) is 33.2. The van der Waals surface area contributed by atoms with E-state index >= 15 is 0 Å². The fourth-order valence-electron chi connectivity index (χ4n) is 5.91. The first-order valence-corrected chi connectivity index (χ1v) is 21.0. The summed E-state index contributed by atoms with van der Waals surface area (Å²) in [6.45, 7) is 3.64. The van der Waals surface area contributed by atoms with E-state index in [4.69, 9.17) is 0 Å². The summed E-state index contributed by atoms with van der Waals surface area (Å²) in [5.74, 6) is 0. The van der Waals surface area contributed by atoms with E-state index in [0.717, 1.165) is 45.5 Å². The van der Waals surface area contributed by atoms with Crippen molar-refractivity contribution >= 4 is 43.0 Å². The van der Waals surface area contributed by atoms with Crippen LogP contribution in [0, 0.1) is 54.3 Å². The third kappa shape index (κ3) is 11.8. The Kier molecular flexibility index (Phi) is 14.4. The van der Waals surface area contributed by atoms with Crippen LogP contribution in [0.2, 0.25) is 0 Å². The van der Waals surface area contributed by atoms with E-state index in [9.17, 15) is 66.4 Å². The van der Waals surface area contributed by atoms with Gasteiger partial charge in [0.25, 0.3) is 22.7 Å². The molecule has 0 atom stereocenters. The van der Waals surface area contributed by atoms with Crippen LogP contribution < -0.4 is 9.13 Å². The lowest BCUT2D eigenvalue weighted by atomic mass is 9.96. The molecule has 0 amide bonds. The molecule has 0 unspecified atom stereocenters. The monoisotopic (exact) mass is 908 g/mol. The molecule has 0 spiro atoms. The summed E-state index contributed by atoms with van der Waals surface area (Å²) >= 11 is 0. The summed E-state index contributed by atoms with van der Waals surface area (Å²) in [5, 5.41) is 45.3. The Morgan fingerprint density at radius 3 is 1.00 bits per heavy atom. The second-order valence-electron chi connectivity index (χ2n) is 13.4. The molecule has 0 aliphatic rings. The van der Waals surface area contributed by atoms with Crippen LogP contribution in [-0.4, -0.2) is 45.6 Å². The number of aryl methyl sites for hydroxylation is 2. The Morgan fingerprint density at radius 1 is 0.422 bits per heavy atom. The van der Waals surface area contributed by atoms with Crippen LogP contribution in [-0.2, 0) is 20.2 Å². The van der Waals surface area contributed by atoms with E-state index in [-0.39, 0.29) is 32.5 Å². The molecule has 0 saturated heterocycles. The molecular formula is C42H32N6O14S2. The maximum absolute atomic E-state index is 11.6. The second-order valence-corrected chi connectivity index (χ2v) is 16.2. The Hall–Kier alpha value is -8.18. The number of pyridine rings is 2. The van der Waals surface area contributed by atoms with Crippen molar-refractivity contribution in [1.82, 2.24) is 0 Å². The lowest BCUT2D eigenvalue weighted by Gasteiger charge is -2.09. The normalized spacial score (nSPS) is 10.9. The van der Waals surface area contributed by atoms with Gasteiger partial charge in [-0.05, 0) is 60.4 Å². The molecule has 22 heteroatoms. The minimum Gasteiger partial charge on any atom is -0.744 e. The van der Waals surface area contributed by atoms with E-state index < -0.39 is 51.3 Å². The molecule has 64 heavy (non-hydrogen) atoms. The van der Waals surface area contributed by atoms with Gasteiger partial charge in [-0.25, -0.2) is 16.8 Å². The van der Waals surface area contributed by atoms with Crippen LogP contribution >= 0.6 is 0 Å². The Labute approximate surface area is 363 Å². The largest absolute Gasteiger partial charge is 0.744 e. The van der Waals surface area contributed by atoms with Crippen molar-refractivity contribution in [3.8, 4) is 33.6 Å². The predicted octanol–water partition coefficient (Wildman–Crippen LogP) is 7.01. The van der Waals surface area contributed by atoms with E-state index in [1.165, 1.54) is 57.7 Å². The van der Waals surface area contributed by atoms with Crippen molar-refractivity contribution in [1.29, 1.82) is 0 Å². The van der Waals surface area contributed by atoms with Gasteiger partial charge in [-0.3, -0.25) is 40.5 Å². The number of non-ortho nitro benzene ring substituents is 2. The number of rotatable bonds is 10. The first kappa shape index (κ1) is 46.9. The van der Waals surface area contributed by atoms with Gasteiger partial charge in [0.1, 0.15) is 32.4 Å². The second kappa shape index (κ2) is 19.7. The average molecular weight is 909 g/mol.